The molecule has 2 aromatic heterocycles. The Morgan fingerprint density at radius 1 is 1.05 bits per heavy atom. The summed E-state index contributed by atoms with van der Waals surface area (Å²) in [6.45, 7) is 6.61. The standard InChI is InChI=1S/C17H17N3/c1-17(2,3)14-10-20-13-9-8-11-6-4-5-7-12(11)15(13)19-16(20)18-14/h4-10H,1-3H3,(H,18,19). The summed E-state index contributed by atoms with van der Waals surface area (Å²) in [6.07, 6.45) is 2.17. The molecule has 3 nitrogen and oxygen atoms in total. The minimum atomic E-state index is 0.101. The first-order valence-corrected chi connectivity index (χ1v) is 6.93. The fourth-order valence-corrected chi connectivity index (χ4v) is 2.71. The summed E-state index contributed by atoms with van der Waals surface area (Å²) in [5, 5.41) is 2.44. The van der Waals surface area contributed by atoms with Crippen LogP contribution in [0.2, 0.25) is 0 Å². The van der Waals surface area contributed by atoms with Gasteiger partial charge >= 0.3 is 0 Å². The maximum atomic E-state index is 4.78. The van der Waals surface area contributed by atoms with Crippen molar-refractivity contribution in [2.24, 2.45) is 0 Å². The summed E-state index contributed by atoms with van der Waals surface area (Å²) in [5.41, 5.74) is 3.53. The van der Waals surface area contributed by atoms with Crippen LogP contribution < -0.4 is 0 Å². The van der Waals surface area contributed by atoms with Crippen LogP contribution in [-0.2, 0) is 5.41 Å². The maximum absolute atomic E-state index is 4.78. The van der Waals surface area contributed by atoms with Crippen molar-refractivity contribution < 1.29 is 0 Å². The van der Waals surface area contributed by atoms with Crippen LogP contribution in [0.4, 0.5) is 0 Å². The molecule has 0 atom stereocenters. The predicted octanol–water partition coefficient (Wildman–Crippen LogP) is 4.27. The predicted molar refractivity (Wildman–Crippen MR) is 83.3 cm³/mol. The summed E-state index contributed by atoms with van der Waals surface area (Å²) >= 11 is 0. The highest BCUT2D eigenvalue weighted by Gasteiger charge is 2.18. The van der Waals surface area contributed by atoms with Gasteiger partial charge < -0.3 is 4.98 Å². The molecule has 0 amide bonds. The number of nitrogens with one attached hydrogen (secondary N) is 1. The molecule has 3 heteroatoms. The number of nitrogens with zero attached hydrogens (tertiary/aromatic N) is 2. The Morgan fingerprint density at radius 2 is 1.85 bits per heavy atom. The second-order valence-electron chi connectivity index (χ2n) is 6.38. The van der Waals surface area contributed by atoms with Gasteiger partial charge in [0.05, 0.1) is 11.0 Å². The Labute approximate surface area is 117 Å². The highest BCUT2D eigenvalue weighted by atomic mass is 15.1. The maximum Gasteiger partial charge on any atom is 0.212 e. The van der Waals surface area contributed by atoms with Crippen LogP contribution >= 0.6 is 0 Å². The number of aromatic nitrogens is 3. The molecule has 4 rings (SSSR count). The lowest BCUT2D eigenvalue weighted by atomic mass is 9.93. The van der Waals surface area contributed by atoms with Gasteiger partial charge in [-0.3, -0.25) is 4.40 Å². The van der Waals surface area contributed by atoms with Gasteiger partial charge in [-0.2, -0.15) is 0 Å². The molecule has 0 saturated heterocycles. The normalized spacial score (nSPS) is 12.8. The molecule has 0 radical (unpaired) electrons. The van der Waals surface area contributed by atoms with E-state index in [0.717, 1.165) is 16.8 Å². The molecule has 0 bridgehead atoms. The first-order valence-electron chi connectivity index (χ1n) is 6.93. The van der Waals surface area contributed by atoms with Crippen LogP contribution in [0.5, 0.6) is 0 Å². The molecule has 0 fully saturated rings. The van der Waals surface area contributed by atoms with Crippen LogP contribution in [0.3, 0.4) is 0 Å². The van der Waals surface area contributed by atoms with E-state index in [1.165, 1.54) is 16.5 Å². The summed E-state index contributed by atoms with van der Waals surface area (Å²) in [4.78, 5) is 8.23. The second-order valence-corrected chi connectivity index (χ2v) is 6.38. The Hall–Kier alpha value is -2.29. The number of H-pyrrole nitrogens is 1. The van der Waals surface area contributed by atoms with Crippen molar-refractivity contribution in [1.82, 2.24) is 14.4 Å². The quantitative estimate of drug-likeness (QED) is 0.505. The largest absolute Gasteiger partial charge is 0.327 e. The highest BCUT2D eigenvalue weighted by molar-refractivity contribution is 6.05. The summed E-state index contributed by atoms with van der Waals surface area (Å²) in [6, 6.07) is 12.7. The third kappa shape index (κ3) is 1.49. The van der Waals surface area contributed by atoms with E-state index in [0.29, 0.717) is 0 Å². The van der Waals surface area contributed by atoms with Crippen LogP contribution in [-0.4, -0.2) is 14.4 Å². The van der Waals surface area contributed by atoms with Crippen molar-refractivity contribution in [3.8, 4) is 0 Å². The smallest absolute Gasteiger partial charge is 0.212 e. The molecular formula is C17H17N3. The van der Waals surface area contributed by atoms with E-state index in [9.17, 15) is 0 Å². The zero-order chi connectivity index (χ0) is 13.9. The Bertz CT molecular complexity index is 935. The van der Waals surface area contributed by atoms with E-state index in [-0.39, 0.29) is 5.41 Å². The van der Waals surface area contributed by atoms with Crippen LogP contribution in [0, 0.1) is 0 Å². The average molecular weight is 263 g/mol. The van der Waals surface area contributed by atoms with Crippen LogP contribution in [0.25, 0.3) is 27.6 Å². The van der Waals surface area contributed by atoms with E-state index < -0.39 is 0 Å². The molecule has 0 aliphatic carbocycles. The molecule has 0 unspecified atom stereocenters. The lowest BCUT2D eigenvalue weighted by Gasteiger charge is -2.14. The van der Waals surface area contributed by atoms with Gasteiger partial charge in [0, 0.05) is 22.7 Å². The highest BCUT2D eigenvalue weighted by Crippen LogP contribution is 2.28. The van der Waals surface area contributed by atoms with Crippen LogP contribution in [0.1, 0.15) is 26.5 Å². The molecule has 4 aromatic rings. The first-order chi connectivity index (χ1) is 9.54. The van der Waals surface area contributed by atoms with Gasteiger partial charge in [0.15, 0.2) is 0 Å². The van der Waals surface area contributed by atoms with Gasteiger partial charge in [-0.05, 0) is 11.5 Å². The average Bonchev–Trinajstić information content (AvgIpc) is 2.95. The number of aromatic amines is 1. The summed E-state index contributed by atoms with van der Waals surface area (Å²) < 4.78 is 2.16. The molecule has 2 aromatic carbocycles. The number of fused-ring (bicyclic) bond motifs is 5. The van der Waals surface area contributed by atoms with Crippen molar-refractivity contribution in [2.45, 2.75) is 26.2 Å². The lowest BCUT2D eigenvalue weighted by Crippen LogP contribution is -2.11. The molecule has 1 N–H and O–H groups in total. The first kappa shape index (κ1) is 11.5. The van der Waals surface area contributed by atoms with Gasteiger partial charge in [-0.25, -0.2) is 4.98 Å². The zero-order valence-electron chi connectivity index (χ0n) is 11.9. The molecular weight excluding hydrogens is 246 g/mol. The van der Waals surface area contributed by atoms with E-state index in [1.807, 2.05) is 0 Å². The molecule has 0 saturated carbocycles. The van der Waals surface area contributed by atoms with Crippen molar-refractivity contribution in [2.75, 3.05) is 0 Å². The zero-order valence-corrected chi connectivity index (χ0v) is 11.9. The van der Waals surface area contributed by atoms with Gasteiger partial charge in [0.25, 0.3) is 0 Å². The van der Waals surface area contributed by atoms with Gasteiger partial charge in [-0.15, -0.1) is 0 Å². The van der Waals surface area contributed by atoms with Gasteiger partial charge in [0.2, 0.25) is 5.78 Å². The molecule has 2 heterocycles. The van der Waals surface area contributed by atoms with Crippen molar-refractivity contribution in [1.29, 1.82) is 0 Å². The van der Waals surface area contributed by atoms with Gasteiger partial charge in [-0.1, -0.05) is 51.1 Å². The number of hydrogen-bond acceptors (Lipinski definition) is 1. The molecule has 0 spiro atoms. The van der Waals surface area contributed by atoms with E-state index >= 15 is 0 Å². The van der Waals surface area contributed by atoms with Crippen molar-refractivity contribution in [3.63, 3.8) is 0 Å². The van der Waals surface area contributed by atoms with E-state index in [1.54, 1.807) is 0 Å². The number of imidazole rings is 2. The second kappa shape index (κ2) is 3.63. The molecule has 0 aliphatic rings. The summed E-state index contributed by atoms with van der Waals surface area (Å²) in [7, 11) is 0. The minimum absolute atomic E-state index is 0.101. The van der Waals surface area contributed by atoms with Gasteiger partial charge in [0.1, 0.15) is 0 Å². The topological polar surface area (TPSA) is 33.1 Å². The number of rotatable bonds is 0. The Kier molecular flexibility index (Phi) is 2.09. The third-order valence-electron chi connectivity index (χ3n) is 3.90. The van der Waals surface area contributed by atoms with Crippen LogP contribution in [0.15, 0.2) is 42.6 Å². The Balaban J connectivity index is 2.11. The third-order valence-corrected chi connectivity index (χ3v) is 3.90. The fourth-order valence-electron chi connectivity index (χ4n) is 2.71. The fraction of sp³-hybridized carbons (Fsp3) is 0.235. The molecule has 20 heavy (non-hydrogen) atoms. The van der Waals surface area contributed by atoms with E-state index in [2.05, 4.69) is 72.8 Å². The summed E-state index contributed by atoms with van der Waals surface area (Å²) in [5.74, 6) is 0.918. The van der Waals surface area contributed by atoms with E-state index in [4.69, 9.17) is 4.98 Å². The van der Waals surface area contributed by atoms with Crippen molar-refractivity contribution in [3.05, 3.63) is 48.3 Å². The Morgan fingerprint density at radius 3 is 2.65 bits per heavy atom. The molecule has 100 valence electrons. The monoisotopic (exact) mass is 263 g/mol. The minimum Gasteiger partial charge on any atom is -0.327 e. The number of hydrogen-bond donors (Lipinski definition) is 1. The SMILES string of the molecule is CC(C)(C)c1cn2c(nc3c4ccccc4ccc32)[nH]1. The lowest BCUT2D eigenvalue weighted by molar-refractivity contribution is 0.573. The molecule has 0 aliphatic heterocycles. The van der Waals surface area contributed by atoms with Crippen molar-refractivity contribution >= 4 is 27.6 Å². The number of benzene rings is 2.